The third-order valence-electron chi connectivity index (χ3n) is 10.4. The maximum Gasteiger partial charge on any atom is 0.0127 e. The zero-order valence-corrected chi connectivity index (χ0v) is 17.8. The van der Waals surface area contributed by atoms with E-state index in [1.165, 1.54) is 57.9 Å². The molecular weight excluding hydrogens is 316 g/mol. The van der Waals surface area contributed by atoms with Crippen molar-refractivity contribution in [2.75, 3.05) is 27.7 Å². The molecule has 26 heavy (non-hydrogen) atoms. The van der Waals surface area contributed by atoms with Crippen LogP contribution < -0.4 is 0 Å². The predicted molar refractivity (Wildman–Crippen MR) is 109 cm³/mol. The van der Waals surface area contributed by atoms with E-state index in [-0.39, 0.29) is 0 Å². The first kappa shape index (κ1) is 17.7. The summed E-state index contributed by atoms with van der Waals surface area (Å²) in [4.78, 5) is 5.17. The summed E-state index contributed by atoms with van der Waals surface area (Å²) >= 11 is 0. The molecule has 4 fully saturated rings. The number of hydrogen-bond acceptors (Lipinski definition) is 2. The SMILES string of the molecule is C[C@H]1[C@@H]2CC[C@H]3[C@H]4CC=C5C[C@@H](N(C)C)CC[C@]5(C)[C@@H]4CC[C@@]32CN1C. The lowest BCUT2D eigenvalue weighted by molar-refractivity contribution is -0.0430. The Morgan fingerprint density at radius 3 is 2.58 bits per heavy atom. The van der Waals surface area contributed by atoms with Crippen molar-refractivity contribution in [1.29, 1.82) is 0 Å². The van der Waals surface area contributed by atoms with Crippen molar-refractivity contribution < 1.29 is 0 Å². The molecule has 0 aromatic heterocycles. The second-order valence-corrected chi connectivity index (χ2v) is 11.2. The highest BCUT2D eigenvalue weighted by Gasteiger charge is 2.63. The number of likely N-dealkylation sites (tertiary alicyclic amines) is 1. The van der Waals surface area contributed by atoms with Gasteiger partial charge in [-0.2, -0.15) is 0 Å². The van der Waals surface area contributed by atoms with Crippen molar-refractivity contribution in [3.63, 3.8) is 0 Å². The zero-order valence-electron chi connectivity index (χ0n) is 17.8. The minimum absolute atomic E-state index is 0.519. The van der Waals surface area contributed by atoms with Gasteiger partial charge in [0.25, 0.3) is 0 Å². The molecule has 8 atom stereocenters. The van der Waals surface area contributed by atoms with Crippen molar-refractivity contribution in [2.24, 2.45) is 34.5 Å². The molecule has 0 radical (unpaired) electrons. The van der Waals surface area contributed by atoms with E-state index in [1.54, 1.807) is 0 Å². The first-order valence-electron chi connectivity index (χ1n) is 11.4. The van der Waals surface area contributed by atoms with Crippen molar-refractivity contribution in [3.05, 3.63) is 11.6 Å². The number of nitrogens with zero attached hydrogens (tertiary/aromatic N) is 2. The first-order chi connectivity index (χ1) is 12.4. The third-order valence-corrected chi connectivity index (χ3v) is 10.4. The highest BCUT2D eigenvalue weighted by atomic mass is 15.2. The molecular formula is C24H40N2. The normalized spacial score (nSPS) is 53.7. The number of allylic oxidation sites excluding steroid dienone is 1. The molecule has 0 amide bonds. The van der Waals surface area contributed by atoms with Gasteiger partial charge < -0.3 is 9.80 Å². The second kappa shape index (κ2) is 5.83. The minimum Gasteiger partial charge on any atom is -0.306 e. The highest BCUT2D eigenvalue weighted by Crippen LogP contribution is 2.68. The molecule has 0 aromatic carbocycles. The molecule has 1 aliphatic heterocycles. The lowest BCUT2D eigenvalue weighted by Crippen LogP contribution is -2.52. The van der Waals surface area contributed by atoms with Crippen LogP contribution >= 0.6 is 0 Å². The largest absolute Gasteiger partial charge is 0.306 e. The summed E-state index contributed by atoms with van der Waals surface area (Å²) in [5, 5.41) is 0. The Bertz CT molecular complexity index is 609. The van der Waals surface area contributed by atoms with E-state index >= 15 is 0 Å². The predicted octanol–water partition coefficient (Wildman–Crippen LogP) is 4.81. The van der Waals surface area contributed by atoms with Gasteiger partial charge in [-0.15, -0.1) is 0 Å². The zero-order chi connectivity index (χ0) is 18.3. The van der Waals surface area contributed by atoms with Crippen LogP contribution in [0.2, 0.25) is 0 Å². The van der Waals surface area contributed by atoms with Gasteiger partial charge in [-0.05, 0) is 114 Å². The van der Waals surface area contributed by atoms with E-state index in [2.05, 4.69) is 50.9 Å². The average molecular weight is 357 g/mol. The van der Waals surface area contributed by atoms with Crippen molar-refractivity contribution >= 4 is 0 Å². The summed E-state index contributed by atoms with van der Waals surface area (Å²) in [5.41, 5.74) is 3.04. The smallest absolute Gasteiger partial charge is 0.0127 e. The van der Waals surface area contributed by atoms with Crippen molar-refractivity contribution in [1.82, 2.24) is 9.80 Å². The first-order valence-corrected chi connectivity index (χ1v) is 11.4. The van der Waals surface area contributed by atoms with E-state index in [1.807, 2.05) is 5.57 Å². The van der Waals surface area contributed by atoms with E-state index in [4.69, 9.17) is 0 Å². The molecule has 1 spiro atoms. The second-order valence-electron chi connectivity index (χ2n) is 11.2. The molecule has 5 rings (SSSR count). The van der Waals surface area contributed by atoms with Gasteiger partial charge in [0.1, 0.15) is 0 Å². The molecule has 3 saturated carbocycles. The molecule has 1 heterocycles. The Hall–Kier alpha value is -0.340. The molecule has 0 aromatic rings. The van der Waals surface area contributed by atoms with E-state index in [9.17, 15) is 0 Å². The summed E-state index contributed by atoms with van der Waals surface area (Å²) in [6.45, 7) is 6.56. The molecule has 0 bridgehead atoms. The van der Waals surface area contributed by atoms with Crippen LogP contribution in [0, 0.1) is 34.5 Å². The molecule has 0 N–H and O–H groups in total. The summed E-state index contributed by atoms with van der Waals surface area (Å²) in [5.74, 6) is 3.96. The van der Waals surface area contributed by atoms with Gasteiger partial charge in [-0.25, -0.2) is 0 Å². The quantitative estimate of drug-likeness (QED) is 0.622. The topological polar surface area (TPSA) is 6.48 Å². The summed E-state index contributed by atoms with van der Waals surface area (Å²) in [7, 11) is 6.95. The van der Waals surface area contributed by atoms with Crippen molar-refractivity contribution in [3.8, 4) is 0 Å². The van der Waals surface area contributed by atoms with Crippen molar-refractivity contribution in [2.45, 2.75) is 77.3 Å². The van der Waals surface area contributed by atoms with Gasteiger partial charge in [-0.3, -0.25) is 0 Å². The van der Waals surface area contributed by atoms with Gasteiger partial charge >= 0.3 is 0 Å². The Morgan fingerprint density at radius 1 is 1.04 bits per heavy atom. The van der Waals surface area contributed by atoms with Crippen LogP contribution in [0.15, 0.2) is 11.6 Å². The average Bonchev–Trinajstić information content (AvgIpc) is 3.08. The molecule has 4 aliphatic carbocycles. The van der Waals surface area contributed by atoms with Crippen LogP contribution in [0.25, 0.3) is 0 Å². The number of fused-ring (bicyclic) bond motifs is 4. The standard InChI is InChI=1S/C24H40N2/c1-16-20-8-9-22-19-7-6-17-14-18(25(3)4)10-12-23(17,2)21(19)11-13-24(20,22)15-26(16)5/h6,16,18-22H,7-15H2,1-5H3/t16-,18-,19-,20-,21+,22-,23-,24-/m0/s1. The molecule has 2 heteroatoms. The molecule has 2 nitrogen and oxygen atoms in total. The maximum absolute atomic E-state index is 2.74. The molecule has 146 valence electrons. The van der Waals surface area contributed by atoms with Gasteiger partial charge in [0.2, 0.25) is 0 Å². The Morgan fingerprint density at radius 2 is 1.81 bits per heavy atom. The Kier molecular flexibility index (Phi) is 3.98. The van der Waals surface area contributed by atoms with E-state index < -0.39 is 0 Å². The van der Waals surface area contributed by atoms with Gasteiger partial charge in [-0.1, -0.05) is 18.6 Å². The number of hydrogen-bond donors (Lipinski definition) is 0. The fourth-order valence-corrected chi connectivity index (χ4v) is 8.88. The van der Waals surface area contributed by atoms with Gasteiger partial charge in [0, 0.05) is 18.6 Å². The fraction of sp³-hybridized carbons (Fsp3) is 0.917. The van der Waals surface area contributed by atoms with Crippen LogP contribution in [0.4, 0.5) is 0 Å². The summed E-state index contributed by atoms with van der Waals surface area (Å²) in [6.07, 6.45) is 14.4. The summed E-state index contributed by atoms with van der Waals surface area (Å²) in [6, 6.07) is 1.60. The van der Waals surface area contributed by atoms with Crippen LogP contribution in [-0.2, 0) is 0 Å². The summed E-state index contributed by atoms with van der Waals surface area (Å²) < 4.78 is 0. The van der Waals surface area contributed by atoms with Gasteiger partial charge in [0.05, 0.1) is 0 Å². The molecule has 0 unspecified atom stereocenters. The van der Waals surface area contributed by atoms with E-state index in [0.717, 1.165) is 35.8 Å². The van der Waals surface area contributed by atoms with Crippen LogP contribution in [0.5, 0.6) is 0 Å². The van der Waals surface area contributed by atoms with E-state index in [0.29, 0.717) is 10.8 Å². The third kappa shape index (κ3) is 2.18. The van der Waals surface area contributed by atoms with Gasteiger partial charge in [0.15, 0.2) is 0 Å². The van der Waals surface area contributed by atoms with Crippen LogP contribution in [-0.4, -0.2) is 49.6 Å². The maximum atomic E-state index is 2.74. The Balaban J connectivity index is 1.45. The lowest BCUT2D eigenvalue weighted by atomic mass is 9.47. The molecule has 1 saturated heterocycles. The minimum atomic E-state index is 0.519. The molecule has 5 aliphatic rings. The fourth-order valence-electron chi connectivity index (χ4n) is 8.88. The van der Waals surface area contributed by atoms with Crippen LogP contribution in [0.3, 0.4) is 0 Å². The van der Waals surface area contributed by atoms with Crippen LogP contribution in [0.1, 0.15) is 65.2 Å². The lowest BCUT2D eigenvalue weighted by Gasteiger charge is -2.58. The number of rotatable bonds is 1. The monoisotopic (exact) mass is 356 g/mol. The highest BCUT2D eigenvalue weighted by molar-refractivity contribution is 5.26. The Labute approximate surface area is 161 Å².